The third kappa shape index (κ3) is 8.83. The number of alkyl halides is 1. The number of rotatable bonds is 14. The first-order chi connectivity index (χ1) is 18.7. The van der Waals surface area contributed by atoms with Crippen molar-refractivity contribution < 1.29 is 19.1 Å². The lowest BCUT2D eigenvalue weighted by Crippen LogP contribution is -2.42. The van der Waals surface area contributed by atoms with Crippen molar-refractivity contribution in [2.24, 2.45) is 11.3 Å². The summed E-state index contributed by atoms with van der Waals surface area (Å²) in [4.78, 5) is 26.9. The van der Waals surface area contributed by atoms with Gasteiger partial charge in [0.1, 0.15) is 6.61 Å². The van der Waals surface area contributed by atoms with Gasteiger partial charge in [-0.1, -0.05) is 113 Å². The minimum atomic E-state index is -1.51. The van der Waals surface area contributed by atoms with Gasteiger partial charge in [-0.2, -0.15) is 0 Å². The Morgan fingerprint density at radius 2 is 1.56 bits per heavy atom. The zero-order chi connectivity index (χ0) is 28.3. The highest BCUT2D eigenvalue weighted by atomic mass is 35.5. The molecule has 0 aromatic heterocycles. The summed E-state index contributed by atoms with van der Waals surface area (Å²) in [6.45, 7) is 8.26. The van der Waals surface area contributed by atoms with E-state index in [1.54, 1.807) is 6.08 Å². The van der Waals surface area contributed by atoms with Gasteiger partial charge in [-0.25, -0.2) is 0 Å². The summed E-state index contributed by atoms with van der Waals surface area (Å²) in [5.74, 6) is -0.783. The van der Waals surface area contributed by atoms with Crippen molar-refractivity contribution in [3.8, 4) is 11.1 Å². The number of hydrogen-bond donors (Lipinski definition) is 0. The summed E-state index contributed by atoms with van der Waals surface area (Å²) in [6, 6.07) is 18.5. The third-order valence-corrected chi connectivity index (χ3v) is 7.44. The van der Waals surface area contributed by atoms with Crippen LogP contribution in [-0.2, 0) is 19.1 Å². The van der Waals surface area contributed by atoms with Crippen LogP contribution in [0.15, 0.2) is 72.8 Å². The summed E-state index contributed by atoms with van der Waals surface area (Å²) in [5.41, 5.74) is 2.74. The van der Waals surface area contributed by atoms with E-state index in [2.05, 4.69) is 57.2 Å². The Hall–Kier alpha value is -2.85. The fourth-order valence-electron chi connectivity index (χ4n) is 4.80. The van der Waals surface area contributed by atoms with E-state index in [1.165, 1.54) is 0 Å². The quantitative estimate of drug-likeness (QED) is 0.102. The van der Waals surface area contributed by atoms with Crippen LogP contribution in [0.3, 0.4) is 0 Å². The molecule has 1 unspecified atom stereocenters. The molecule has 0 heterocycles. The van der Waals surface area contributed by atoms with Crippen molar-refractivity contribution in [2.45, 2.75) is 84.1 Å². The van der Waals surface area contributed by atoms with Gasteiger partial charge in [-0.3, -0.25) is 9.59 Å². The second kappa shape index (κ2) is 15.1. The molecule has 0 aliphatic heterocycles. The van der Waals surface area contributed by atoms with Gasteiger partial charge in [-0.05, 0) is 60.8 Å². The van der Waals surface area contributed by atoms with Crippen molar-refractivity contribution in [3.63, 3.8) is 0 Å². The van der Waals surface area contributed by atoms with Crippen molar-refractivity contribution >= 4 is 29.1 Å². The van der Waals surface area contributed by atoms with E-state index < -0.39 is 17.4 Å². The van der Waals surface area contributed by atoms with Crippen LogP contribution in [0.25, 0.3) is 16.7 Å². The van der Waals surface area contributed by atoms with E-state index in [9.17, 15) is 9.59 Å². The molecule has 0 radical (unpaired) electrons. The zero-order valence-corrected chi connectivity index (χ0v) is 24.6. The molecule has 0 spiro atoms. The lowest BCUT2D eigenvalue weighted by Gasteiger charge is -2.30. The Morgan fingerprint density at radius 1 is 0.897 bits per heavy atom. The van der Waals surface area contributed by atoms with E-state index in [-0.39, 0.29) is 24.5 Å². The van der Waals surface area contributed by atoms with Crippen LogP contribution in [0.1, 0.15) is 78.2 Å². The first-order valence-corrected chi connectivity index (χ1v) is 14.8. The molecule has 4 nitrogen and oxygen atoms in total. The molecule has 0 saturated heterocycles. The number of carbonyl (C=O) groups is 2. The summed E-state index contributed by atoms with van der Waals surface area (Å²) in [7, 11) is 0. The number of hydrogen-bond acceptors (Lipinski definition) is 4. The molecule has 1 aliphatic carbocycles. The van der Waals surface area contributed by atoms with Crippen molar-refractivity contribution in [2.75, 3.05) is 6.61 Å². The Morgan fingerprint density at radius 3 is 2.18 bits per heavy atom. The van der Waals surface area contributed by atoms with Gasteiger partial charge in [0.05, 0.1) is 11.5 Å². The molecule has 2 aromatic rings. The van der Waals surface area contributed by atoms with Gasteiger partial charge in [0, 0.05) is 0 Å². The van der Waals surface area contributed by atoms with Crippen LogP contribution < -0.4 is 0 Å². The van der Waals surface area contributed by atoms with Crippen LogP contribution in [0.2, 0.25) is 0 Å². The molecule has 5 heteroatoms. The molecule has 0 amide bonds. The summed E-state index contributed by atoms with van der Waals surface area (Å²) >= 11 is 6.39. The molecule has 2 aromatic carbocycles. The molecule has 0 N–H and O–H groups in total. The molecule has 1 aliphatic rings. The largest absolute Gasteiger partial charge is 0.463 e. The fourth-order valence-corrected chi connectivity index (χ4v) is 5.22. The molecular weight excluding hydrogens is 508 g/mol. The van der Waals surface area contributed by atoms with Crippen LogP contribution in [0, 0.1) is 11.3 Å². The summed E-state index contributed by atoms with van der Waals surface area (Å²) in [6.07, 6.45) is 11.2. The molecule has 0 saturated carbocycles. The maximum atomic E-state index is 13.5. The van der Waals surface area contributed by atoms with Gasteiger partial charge in [0.2, 0.25) is 0 Å². The smallest absolute Gasteiger partial charge is 0.328 e. The minimum Gasteiger partial charge on any atom is -0.463 e. The van der Waals surface area contributed by atoms with Crippen molar-refractivity contribution in [1.82, 2.24) is 0 Å². The van der Waals surface area contributed by atoms with Crippen LogP contribution >= 0.6 is 11.6 Å². The monoisotopic (exact) mass is 550 g/mol. The SMILES string of the molecule is CCCCCC[C@@H](C)OC(=O)C1(C(=O)OC[C@H](Cl)CC(C)C)C=CC(c2ccc(-c3ccccc3)cc2)=CC1. The molecule has 0 bridgehead atoms. The number of halogens is 1. The lowest BCUT2D eigenvalue weighted by molar-refractivity contribution is -0.171. The van der Waals surface area contributed by atoms with E-state index in [0.717, 1.165) is 60.8 Å². The van der Waals surface area contributed by atoms with Crippen LogP contribution in [0.4, 0.5) is 0 Å². The zero-order valence-electron chi connectivity index (χ0n) is 23.8. The highest BCUT2D eigenvalue weighted by Crippen LogP contribution is 2.37. The molecule has 210 valence electrons. The summed E-state index contributed by atoms with van der Waals surface area (Å²) in [5, 5.41) is -0.304. The van der Waals surface area contributed by atoms with E-state index >= 15 is 0 Å². The predicted molar refractivity (Wildman–Crippen MR) is 160 cm³/mol. The van der Waals surface area contributed by atoms with Crippen molar-refractivity contribution in [3.05, 3.63) is 78.4 Å². The number of esters is 2. The number of benzene rings is 2. The topological polar surface area (TPSA) is 52.6 Å². The number of allylic oxidation sites excluding steroid dienone is 3. The van der Waals surface area contributed by atoms with Gasteiger partial charge in [0.25, 0.3) is 0 Å². The average molecular weight is 551 g/mol. The maximum Gasteiger partial charge on any atom is 0.328 e. The van der Waals surface area contributed by atoms with E-state index in [0.29, 0.717) is 5.92 Å². The molecular formula is C34H43ClO4. The average Bonchev–Trinajstić information content (AvgIpc) is 2.94. The Bertz CT molecular complexity index is 1120. The molecule has 39 heavy (non-hydrogen) atoms. The standard InChI is InChI=1S/C34H43ClO4/c1-5-6-7-9-12-26(4)39-33(37)34(32(36)38-24-31(35)23-25(2)3)21-19-30(20-22-34)29-17-15-28(16-18-29)27-13-10-8-11-14-27/h8,10-11,13-21,25-26,31H,5-7,9,12,22-24H2,1-4H3/t26-,31-,34?/m1/s1. The summed E-state index contributed by atoms with van der Waals surface area (Å²) < 4.78 is 11.4. The van der Waals surface area contributed by atoms with Crippen LogP contribution in [-0.4, -0.2) is 30.0 Å². The Balaban J connectivity index is 1.75. The minimum absolute atomic E-state index is 0.0610. The molecule has 0 fully saturated rings. The second-order valence-corrected chi connectivity index (χ2v) is 11.6. The van der Waals surface area contributed by atoms with Gasteiger partial charge in [-0.15, -0.1) is 11.6 Å². The maximum absolute atomic E-state index is 13.5. The number of unbranched alkanes of at least 4 members (excludes halogenated alkanes) is 3. The lowest BCUT2D eigenvalue weighted by atomic mass is 9.78. The highest BCUT2D eigenvalue weighted by molar-refractivity contribution is 6.20. The Labute approximate surface area is 239 Å². The second-order valence-electron chi connectivity index (χ2n) is 11.0. The normalized spacial score (nSPS) is 18.4. The Kier molecular flexibility index (Phi) is 11.9. The highest BCUT2D eigenvalue weighted by Gasteiger charge is 2.48. The van der Waals surface area contributed by atoms with Gasteiger partial charge >= 0.3 is 11.9 Å². The third-order valence-electron chi connectivity index (χ3n) is 7.14. The molecule has 3 rings (SSSR count). The van der Waals surface area contributed by atoms with Crippen LogP contribution in [0.5, 0.6) is 0 Å². The van der Waals surface area contributed by atoms with Gasteiger partial charge in [0.15, 0.2) is 5.41 Å². The fraction of sp³-hybridized carbons (Fsp3) is 0.471. The van der Waals surface area contributed by atoms with E-state index in [4.69, 9.17) is 21.1 Å². The van der Waals surface area contributed by atoms with E-state index in [1.807, 2.05) is 37.3 Å². The van der Waals surface area contributed by atoms with Crippen molar-refractivity contribution in [1.29, 1.82) is 0 Å². The van der Waals surface area contributed by atoms with Gasteiger partial charge < -0.3 is 9.47 Å². The first kappa shape index (κ1) is 30.7. The number of carbonyl (C=O) groups excluding carboxylic acids is 2. The molecule has 3 atom stereocenters. The predicted octanol–water partition coefficient (Wildman–Crippen LogP) is 8.78. The first-order valence-electron chi connectivity index (χ1n) is 14.3. The number of ether oxygens (including phenoxy) is 2.